The van der Waals surface area contributed by atoms with Crippen LogP contribution in [0.2, 0.25) is 0 Å². The highest BCUT2D eigenvalue weighted by molar-refractivity contribution is 6.07. The number of aromatic nitrogens is 2. The highest BCUT2D eigenvalue weighted by Gasteiger charge is 2.15. The van der Waals surface area contributed by atoms with E-state index in [1.165, 1.54) is 0 Å². The third-order valence-corrected chi connectivity index (χ3v) is 4.58. The van der Waals surface area contributed by atoms with Gasteiger partial charge in [-0.25, -0.2) is 4.68 Å². The van der Waals surface area contributed by atoms with Crippen molar-refractivity contribution in [3.63, 3.8) is 0 Å². The van der Waals surface area contributed by atoms with Crippen LogP contribution in [0.4, 0.5) is 0 Å². The van der Waals surface area contributed by atoms with E-state index in [0.29, 0.717) is 30.3 Å². The Morgan fingerprint density at radius 3 is 2.56 bits per heavy atom. The van der Waals surface area contributed by atoms with Crippen molar-refractivity contribution in [1.82, 2.24) is 9.78 Å². The van der Waals surface area contributed by atoms with Crippen LogP contribution in [0, 0.1) is 13.8 Å². The van der Waals surface area contributed by atoms with E-state index in [9.17, 15) is 4.79 Å². The molecule has 4 rings (SSSR count). The largest absolute Gasteiger partial charge is 0.486 e. The number of nitrogens with zero attached hydrogens (tertiary/aromatic N) is 2. The number of hydrogen-bond acceptors (Lipinski definition) is 4. The van der Waals surface area contributed by atoms with Crippen LogP contribution >= 0.6 is 0 Å². The van der Waals surface area contributed by atoms with Crippen molar-refractivity contribution < 1.29 is 14.3 Å². The smallest absolute Gasteiger partial charge is 0.185 e. The molecule has 0 bridgehead atoms. The van der Waals surface area contributed by atoms with Gasteiger partial charge in [0.1, 0.15) is 13.2 Å². The average Bonchev–Trinajstić information content (AvgIpc) is 3.00. The van der Waals surface area contributed by atoms with Crippen molar-refractivity contribution in [2.45, 2.75) is 13.8 Å². The molecule has 2 aromatic carbocycles. The number of para-hydroxylation sites is 1. The second-order valence-electron chi connectivity index (χ2n) is 6.39. The number of allylic oxidation sites excluding steroid dienone is 1. The molecule has 0 saturated carbocycles. The molecule has 0 fully saturated rings. The van der Waals surface area contributed by atoms with Gasteiger partial charge >= 0.3 is 0 Å². The van der Waals surface area contributed by atoms with Gasteiger partial charge in [-0.3, -0.25) is 4.79 Å². The summed E-state index contributed by atoms with van der Waals surface area (Å²) in [5.41, 5.74) is 4.38. The molecular weight excluding hydrogens is 340 g/mol. The molecule has 0 unspecified atom stereocenters. The van der Waals surface area contributed by atoms with Crippen molar-refractivity contribution >= 4 is 11.9 Å². The van der Waals surface area contributed by atoms with Crippen molar-refractivity contribution in [2.24, 2.45) is 0 Å². The molecule has 2 heterocycles. The van der Waals surface area contributed by atoms with Gasteiger partial charge in [0.2, 0.25) is 0 Å². The maximum absolute atomic E-state index is 12.6. The lowest BCUT2D eigenvalue weighted by molar-refractivity contribution is 0.104. The fraction of sp³-hybridized carbons (Fsp3) is 0.182. The molecule has 0 N–H and O–H groups in total. The summed E-state index contributed by atoms with van der Waals surface area (Å²) < 4.78 is 12.9. The fourth-order valence-corrected chi connectivity index (χ4v) is 3.17. The highest BCUT2D eigenvalue weighted by atomic mass is 16.6. The number of ether oxygens (including phenoxy) is 2. The summed E-state index contributed by atoms with van der Waals surface area (Å²) in [6, 6.07) is 15.2. The van der Waals surface area contributed by atoms with Crippen LogP contribution in [0.5, 0.6) is 11.5 Å². The van der Waals surface area contributed by atoms with Crippen LogP contribution in [0.3, 0.4) is 0 Å². The zero-order valence-electron chi connectivity index (χ0n) is 15.3. The molecular formula is C22H20N2O3. The van der Waals surface area contributed by atoms with E-state index in [2.05, 4.69) is 5.10 Å². The summed E-state index contributed by atoms with van der Waals surface area (Å²) in [6.07, 6.45) is 3.41. The molecule has 1 aromatic heterocycles. The van der Waals surface area contributed by atoms with E-state index in [0.717, 1.165) is 22.6 Å². The molecule has 0 aliphatic carbocycles. The quantitative estimate of drug-likeness (QED) is 0.518. The average molecular weight is 360 g/mol. The van der Waals surface area contributed by atoms with Crippen molar-refractivity contribution in [2.75, 3.05) is 13.2 Å². The van der Waals surface area contributed by atoms with Gasteiger partial charge in [0.15, 0.2) is 17.3 Å². The summed E-state index contributed by atoms with van der Waals surface area (Å²) in [6.45, 7) is 4.98. The van der Waals surface area contributed by atoms with Crippen LogP contribution in [-0.2, 0) is 0 Å². The normalized spacial score (nSPS) is 13.1. The van der Waals surface area contributed by atoms with Crippen molar-refractivity contribution in [3.05, 3.63) is 77.1 Å². The van der Waals surface area contributed by atoms with E-state index < -0.39 is 0 Å². The minimum atomic E-state index is -0.0850. The molecule has 5 heteroatoms. The van der Waals surface area contributed by atoms with Crippen molar-refractivity contribution in [1.29, 1.82) is 0 Å². The van der Waals surface area contributed by atoms with Gasteiger partial charge in [0, 0.05) is 16.8 Å². The van der Waals surface area contributed by atoms with Gasteiger partial charge in [0.05, 0.1) is 11.4 Å². The number of carbonyl (C=O) groups is 1. The Hall–Kier alpha value is -3.34. The van der Waals surface area contributed by atoms with E-state index >= 15 is 0 Å². The van der Waals surface area contributed by atoms with Crippen molar-refractivity contribution in [3.8, 4) is 17.2 Å². The highest BCUT2D eigenvalue weighted by Crippen LogP contribution is 2.31. The Balaban J connectivity index is 1.60. The minimum Gasteiger partial charge on any atom is -0.486 e. The molecule has 0 spiro atoms. The number of hydrogen-bond donors (Lipinski definition) is 0. The predicted molar refractivity (Wildman–Crippen MR) is 104 cm³/mol. The van der Waals surface area contributed by atoms with Crippen LogP contribution in [0.15, 0.2) is 54.6 Å². The number of rotatable bonds is 4. The topological polar surface area (TPSA) is 53.4 Å². The van der Waals surface area contributed by atoms with Crippen LogP contribution in [-0.4, -0.2) is 28.8 Å². The molecule has 3 aromatic rings. The lowest BCUT2D eigenvalue weighted by Crippen LogP contribution is -2.15. The molecule has 0 saturated heterocycles. The summed E-state index contributed by atoms with van der Waals surface area (Å²) in [7, 11) is 0. The zero-order chi connectivity index (χ0) is 18.8. The second-order valence-corrected chi connectivity index (χ2v) is 6.39. The summed E-state index contributed by atoms with van der Waals surface area (Å²) >= 11 is 0. The van der Waals surface area contributed by atoms with Gasteiger partial charge in [-0.1, -0.05) is 18.2 Å². The fourth-order valence-electron chi connectivity index (χ4n) is 3.17. The van der Waals surface area contributed by atoms with E-state index in [4.69, 9.17) is 9.47 Å². The number of benzene rings is 2. The Morgan fingerprint density at radius 2 is 1.78 bits per heavy atom. The van der Waals surface area contributed by atoms with Gasteiger partial charge in [-0.15, -0.1) is 0 Å². The summed E-state index contributed by atoms with van der Waals surface area (Å²) in [5, 5.41) is 4.61. The number of aryl methyl sites for hydroxylation is 1. The molecule has 27 heavy (non-hydrogen) atoms. The predicted octanol–water partition coefficient (Wildman–Crippen LogP) is 4.16. The third-order valence-electron chi connectivity index (χ3n) is 4.58. The summed E-state index contributed by atoms with van der Waals surface area (Å²) in [4.78, 5) is 12.6. The number of carbonyl (C=O) groups excluding carboxylic acids is 1. The summed E-state index contributed by atoms with van der Waals surface area (Å²) in [5.74, 6) is 1.21. The molecule has 1 aliphatic rings. The molecule has 5 nitrogen and oxygen atoms in total. The van der Waals surface area contributed by atoms with Crippen LogP contribution in [0.1, 0.15) is 27.3 Å². The van der Waals surface area contributed by atoms with Gasteiger partial charge < -0.3 is 9.47 Å². The first-order valence-corrected chi connectivity index (χ1v) is 8.87. The standard InChI is InChI=1S/C22H20N2O3/c1-15-19(16(2)24(23-15)18-6-4-3-5-7-18)9-10-20(25)17-8-11-21-22(14-17)27-13-12-26-21/h3-11,14H,12-13H2,1-2H3/b10-9+. The Labute approximate surface area is 157 Å². The second kappa shape index (κ2) is 7.11. The first-order chi connectivity index (χ1) is 13.1. The minimum absolute atomic E-state index is 0.0850. The van der Waals surface area contributed by atoms with E-state index in [1.54, 1.807) is 24.3 Å². The van der Waals surface area contributed by atoms with E-state index in [1.807, 2.05) is 54.9 Å². The Kier molecular flexibility index (Phi) is 4.50. The third kappa shape index (κ3) is 3.36. The Bertz CT molecular complexity index is 1020. The maximum Gasteiger partial charge on any atom is 0.185 e. The van der Waals surface area contributed by atoms with Crippen LogP contribution in [0.25, 0.3) is 11.8 Å². The van der Waals surface area contributed by atoms with Gasteiger partial charge in [0.25, 0.3) is 0 Å². The Morgan fingerprint density at radius 1 is 1.04 bits per heavy atom. The molecule has 0 amide bonds. The lowest BCUT2D eigenvalue weighted by Gasteiger charge is -2.18. The van der Waals surface area contributed by atoms with Crippen LogP contribution < -0.4 is 9.47 Å². The molecule has 0 radical (unpaired) electrons. The number of fused-ring (bicyclic) bond motifs is 1. The monoisotopic (exact) mass is 360 g/mol. The molecule has 1 aliphatic heterocycles. The first kappa shape index (κ1) is 17.1. The molecule has 0 atom stereocenters. The van der Waals surface area contributed by atoms with Gasteiger partial charge in [-0.05, 0) is 56.3 Å². The lowest BCUT2D eigenvalue weighted by atomic mass is 10.1. The maximum atomic E-state index is 12.6. The van der Waals surface area contributed by atoms with E-state index in [-0.39, 0.29) is 5.78 Å². The number of ketones is 1. The molecule has 136 valence electrons. The van der Waals surface area contributed by atoms with Gasteiger partial charge in [-0.2, -0.15) is 5.10 Å². The zero-order valence-corrected chi connectivity index (χ0v) is 15.3. The SMILES string of the molecule is Cc1nn(-c2ccccc2)c(C)c1/C=C/C(=O)c1ccc2c(c1)OCCO2. The first-order valence-electron chi connectivity index (χ1n) is 8.87.